The predicted octanol–water partition coefficient (Wildman–Crippen LogP) is 10.5. The molecule has 210 valence electrons. The highest BCUT2D eigenvalue weighted by atomic mass is 32.1. The van der Waals surface area contributed by atoms with Crippen LogP contribution in [0.2, 0.25) is 0 Å². The molecule has 0 rings (SSSR count). The Labute approximate surface area is 228 Å². The third kappa shape index (κ3) is 34.5. The van der Waals surface area contributed by atoms with Gasteiger partial charge >= 0.3 is 7.82 Å². The fraction of sp³-hybridized carbons (Fsp3) is 0.964. The lowest BCUT2D eigenvalue weighted by molar-refractivity contribution is 0.193. The molecule has 4 nitrogen and oxygen atoms in total. The first kappa shape index (κ1) is 35.5. The lowest BCUT2D eigenvalue weighted by atomic mass is 10.0. The molecule has 0 radical (unpaired) electrons. The van der Waals surface area contributed by atoms with Gasteiger partial charge < -0.3 is 9.79 Å². The highest BCUT2D eigenvalue weighted by Crippen LogP contribution is 2.35. The van der Waals surface area contributed by atoms with E-state index in [1.807, 2.05) is 0 Å². The van der Waals surface area contributed by atoms with Crippen LogP contribution < -0.4 is 0 Å². The zero-order chi connectivity index (χ0) is 25.9. The second-order valence-electron chi connectivity index (χ2n) is 10.3. The van der Waals surface area contributed by atoms with Crippen LogP contribution in [0.3, 0.4) is 0 Å². The van der Waals surface area contributed by atoms with Gasteiger partial charge in [-0.05, 0) is 19.3 Å². The molecule has 0 atom stereocenters. The van der Waals surface area contributed by atoms with Crippen LogP contribution in [0.25, 0.3) is 0 Å². The molecule has 0 aromatic carbocycles. The van der Waals surface area contributed by atoms with Crippen LogP contribution >= 0.6 is 32.7 Å². The molecule has 0 unspecified atom stereocenters. The molecule has 7 heteroatoms. The van der Waals surface area contributed by atoms with Crippen LogP contribution in [0.5, 0.6) is 0 Å². The highest BCUT2D eigenvalue weighted by molar-refractivity contribution is 8.11. The van der Waals surface area contributed by atoms with E-state index in [1.54, 1.807) is 0 Å². The smallest absolute Gasteiger partial charge is 0.303 e. The summed E-state index contributed by atoms with van der Waals surface area (Å²) < 4.78 is 15.9. The van der Waals surface area contributed by atoms with Crippen molar-refractivity contribution >= 4 is 36.9 Å². The number of thiol groups is 1. The molecule has 35 heavy (non-hydrogen) atoms. The molecule has 0 bridgehead atoms. The maximum Gasteiger partial charge on any atom is 0.469 e. The zero-order valence-corrected chi connectivity index (χ0v) is 25.2. The van der Waals surface area contributed by atoms with Gasteiger partial charge in [-0.1, -0.05) is 160 Å². The minimum Gasteiger partial charge on any atom is -0.303 e. The van der Waals surface area contributed by atoms with Gasteiger partial charge in [0.25, 0.3) is 0 Å². The van der Waals surface area contributed by atoms with Crippen LogP contribution in [0.1, 0.15) is 167 Å². The van der Waals surface area contributed by atoms with Gasteiger partial charge in [0.05, 0.1) is 6.61 Å². The molecule has 0 aromatic heterocycles. The molecule has 0 fully saturated rings. The first-order valence-corrected chi connectivity index (χ1v) is 17.2. The van der Waals surface area contributed by atoms with Crippen molar-refractivity contribution in [1.29, 1.82) is 0 Å². The summed E-state index contributed by atoms with van der Waals surface area (Å²) in [6.45, 7) is 0.166. The van der Waals surface area contributed by atoms with Crippen LogP contribution in [0.15, 0.2) is 0 Å². The van der Waals surface area contributed by atoms with E-state index < -0.39 is 7.82 Å². The number of phosphoric ester groups is 1. The van der Waals surface area contributed by atoms with Gasteiger partial charge in [-0.2, -0.15) is 0 Å². The van der Waals surface area contributed by atoms with Crippen molar-refractivity contribution in [3.05, 3.63) is 0 Å². The van der Waals surface area contributed by atoms with Crippen molar-refractivity contribution < 1.29 is 18.9 Å². The average molecular weight is 553 g/mol. The fourth-order valence-electron chi connectivity index (χ4n) is 4.63. The van der Waals surface area contributed by atoms with Gasteiger partial charge in [0.15, 0.2) is 0 Å². The molecule has 0 aliphatic heterocycles. The van der Waals surface area contributed by atoms with E-state index in [-0.39, 0.29) is 6.61 Å². The van der Waals surface area contributed by atoms with E-state index in [1.165, 1.54) is 141 Å². The number of rotatable bonds is 29. The quantitative estimate of drug-likeness (QED) is 0.0373. The van der Waals surface area contributed by atoms with Gasteiger partial charge in [0.1, 0.15) is 0 Å². The molecule has 0 heterocycles. The molecule has 0 saturated carbocycles. The standard InChI is InChI=1S/C28H57O4PS2/c29-33(30,31)32-27-25-23-21-19-17-15-13-11-9-7-5-3-1-2-4-6-8-10-12-14-16-18-20-22-24-26-28(34)35/h1-27H2,(H,34,35)(H2,29,30,31). The lowest BCUT2D eigenvalue weighted by Gasteiger charge is -2.05. The summed E-state index contributed by atoms with van der Waals surface area (Å²) in [5.74, 6) is 0. The van der Waals surface area contributed by atoms with Crippen LogP contribution in [0, 0.1) is 0 Å². The molecule has 0 aliphatic carbocycles. The number of unbranched alkanes of at least 4 members (excludes halogenated alkanes) is 24. The molecule has 0 amide bonds. The normalized spacial score (nSPS) is 11.9. The lowest BCUT2D eigenvalue weighted by Crippen LogP contribution is -1.92. The topological polar surface area (TPSA) is 66.8 Å². The summed E-state index contributed by atoms with van der Waals surface area (Å²) in [4.78, 5) is 17.2. The maximum absolute atomic E-state index is 10.6. The van der Waals surface area contributed by atoms with E-state index >= 15 is 0 Å². The monoisotopic (exact) mass is 552 g/mol. The second-order valence-corrected chi connectivity index (χ2v) is 12.9. The van der Waals surface area contributed by atoms with Gasteiger partial charge in [-0.15, -0.1) is 12.6 Å². The Kier molecular flexibility index (Phi) is 28.0. The van der Waals surface area contributed by atoms with E-state index in [0.717, 1.165) is 29.9 Å². The zero-order valence-electron chi connectivity index (χ0n) is 22.6. The van der Waals surface area contributed by atoms with Crippen molar-refractivity contribution in [3.8, 4) is 0 Å². The van der Waals surface area contributed by atoms with Crippen LogP contribution in [-0.4, -0.2) is 20.6 Å². The van der Waals surface area contributed by atoms with Gasteiger partial charge in [-0.25, -0.2) is 4.57 Å². The Morgan fingerprint density at radius 3 is 0.971 bits per heavy atom. The molecule has 0 aromatic rings. The first-order chi connectivity index (χ1) is 16.9. The van der Waals surface area contributed by atoms with Gasteiger partial charge in [-0.3, -0.25) is 4.52 Å². The van der Waals surface area contributed by atoms with Crippen molar-refractivity contribution in [2.45, 2.75) is 167 Å². The maximum atomic E-state index is 10.6. The van der Waals surface area contributed by atoms with Crippen LogP contribution in [0.4, 0.5) is 0 Å². The van der Waals surface area contributed by atoms with Crippen LogP contribution in [-0.2, 0) is 9.09 Å². The molecule has 0 spiro atoms. The predicted molar refractivity (Wildman–Crippen MR) is 160 cm³/mol. The largest absolute Gasteiger partial charge is 0.469 e. The van der Waals surface area contributed by atoms with E-state index in [0.29, 0.717) is 0 Å². The first-order valence-electron chi connectivity index (χ1n) is 14.8. The van der Waals surface area contributed by atoms with Gasteiger partial charge in [0.2, 0.25) is 0 Å². The third-order valence-corrected chi connectivity index (χ3v) is 7.74. The Balaban J connectivity index is 3.05. The third-order valence-electron chi connectivity index (χ3n) is 6.79. The van der Waals surface area contributed by atoms with Crippen molar-refractivity contribution in [3.63, 3.8) is 0 Å². The Morgan fingerprint density at radius 2 is 0.743 bits per heavy atom. The SMILES string of the molecule is O=P(O)(O)OCCCCCCCCCCCCCCCCCCCCCCCCCCCC(=S)S. The number of thiocarbonyl (C=S) groups is 1. The average Bonchev–Trinajstić information content (AvgIpc) is 2.80. The summed E-state index contributed by atoms with van der Waals surface area (Å²) in [5.41, 5.74) is 0. The highest BCUT2D eigenvalue weighted by Gasteiger charge is 2.12. The molecule has 0 saturated heterocycles. The molecule has 2 N–H and O–H groups in total. The van der Waals surface area contributed by atoms with Crippen molar-refractivity contribution in [2.24, 2.45) is 0 Å². The molecular formula is C28H57O4PS2. The number of hydrogen-bond donors (Lipinski definition) is 3. The van der Waals surface area contributed by atoms with Crippen molar-refractivity contribution in [2.75, 3.05) is 6.61 Å². The summed E-state index contributed by atoms with van der Waals surface area (Å²) in [6, 6.07) is 0. The summed E-state index contributed by atoms with van der Waals surface area (Å²) in [5, 5.41) is 0. The molecular weight excluding hydrogens is 495 g/mol. The van der Waals surface area contributed by atoms with E-state index in [9.17, 15) is 4.57 Å². The van der Waals surface area contributed by atoms with Gasteiger partial charge in [0, 0.05) is 4.20 Å². The summed E-state index contributed by atoms with van der Waals surface area (Å²) in [7, 11) is -4.27. The fourth-order valence-corrected chi connectivity index (χ4v) is 5.30. The Morgan fingerprint density at radius 1 is 0.514 bits per heavy atom. The van der Waals surface area contributed by atoms with Crippen molar-refractivity contribution in [1.82, 2.24) is 0 Å². The minimum atomic E-state index is -4.27. The number of phosphoric acid groups is 1. The summed E-state index contributed by atoms with van der Waals surface area (Å²) in [6.07, 6.45) is 34.2. The van der Waals surface area contributed by atoms with E-state index in [2.05, 4.69) is 17.2 Å². The minimum absolute atomic E-state index is 0.166. The second kappa shape index (κ2) is 27.6. The Hall–Kier alpha value is 0.550. The Bertz CT molecular complexity index is 499. The number of hydrogen-bond acceptors (Lipinski definition) is 3. The summed E-state index contributed by atoms with van der Waals surface area (Å²) >= 11 is 9.17. The molecule has 0 aliphatic rings. The van der Waals surface area contributed by atoms with E-state index in [4.69, 9.17) is 22.0 Å².